The predicted molar refractivity (Wildman–Crippen MR) is 384 cm³/mol. The standard InChI is InChI=1S/C76H97N6O13PS2/c1-9-71(96(87,94-57-33-18-12-19-34-57)95-58-35-20-13-21-36-58)79-73(85)67-51-56-32-25-26-38-64(56)82(67)74(86)63(46-49-97(8,88)89)78-72(84)62(37-27-29-48-93-53-55-30-16-11-17-31-55)77-70(83)41-24-15-28-47-81-66-45-43-59(98(90,91)92)52-61(66)76(6,7)69(81)40-23-14-22-39-68-75(4,5)60-50-54(3)42-44-65(60)80(68)10-2/h11-14,16-23,30-31,33-36,39-40,42-45,50,52,56,62-64,67,71H,9-10,15,24-29,32,37-38,41,46-49,51,53H2,1-8H3,(H3-,77,78,79,83,84,85,90,91,92)/p+1/t56?,62-,63-,64?,67-,71?/m0/s1. The quantitative estimate of drug-likeness (QED) is 0.0100. The highest BCUT2D eigenvalue weighted by molar-refractivity contribution is 7.90. The van der Waals surface area contributed by atoms with E-state index in [9.17, 15) is 35.8 Å². The third-order valence-corrected chi connectivity index (χ3v) is 23.4. The summed E-state index contributed by atoms with van der Waals surface area (Å²) in [5, 5.41) is 8.81. The molecule has 0 bridgehead atoms. The molecule has 19 nitrogen and oxygen atoms in total. The van der Waals surface area contributed by atoms with Crippen molar-refractivity contribution in [2.75, 3.05) is 36.6 Å². The highest BCUT2D eigenvalue weighted by Crippen LogP contribution is 2.54. The second kappa shape index (κ2) is 33.0. The fraction of sp³-hybridized carbons (Fsp3) is 0.461. The Labute approximate surface area is 579 Å². The topological polar surface area (TPSA) is 247 Å². The van der Waals surface area contributed by atoms with Gasteiger partial charge in [-0.1, -0.05) is 137 Å². The van der Waals surface area contributed by atoms with Crippen molar-refractivity contribution in [3.05, 3.63) is 186 Å². The van der Waals surface area contributed by atoms with E-state index < -0.39 is 92.3 Å². The van der Waals surface area contributed by atoms with Crippen molar-refractivity contribution in [1.29, 1.82) is 0 Å². The number of hydrogen-bond acceptors (Lipinski definition) is 13. The normalized spacial score (nSPS) is 19.4. The number of anilines is 1. The van der Waals surface area contributed by atoms with Gasteiger partial charge >= 0.3 is 7.60 Å². The van der Waals surface area contributed by atoms with E-state index in [1.165, 1.54) is 39.6 Å². The van der Waals surface area contributed by atoms with E-state index in [2.05, 4.69) is 77.4 Å². The van der Waals surface area contributed by atoms with Gasteiger partial charge in [0.2, 0.25) is 29.3 Å². The maximum Gasteiger partial charge on any atom is 0.452 e. The third-order valence-electron chi connectivity index (χ3n) is 19.4. The van der Waals surface area contributed by atoms with Crippen LogP contribution in [0.25, 0.3) is 0 Å². The highest BCUT2D eigenvalue weighted by atomic mass is 32.2. The molecule has 0 radical (unpaired) electrons. The SMILES string of the molecule is CCC(NC(=O)[C@@H]1CC2CCCCC2N1C(=O)[C@H](CCS(C)(=O)=O)NC(=O)[C@H](CCCCOCc1ccccc1)NC(=O)CCCCCN1/C(=C/C=C/C=C/C2=[N+](CC)c3ccc(C)cc3C2(C)C)C(C)(C)c2cc(S(=O)(=O)O)ccc21)P(=O)(Oc1ccccc1)Oc1ccccc1. The fourth-order valence-corrected chi connectivity index (χ4v) is 17.3. The van der Waals surface area contributed by atoms with Crippen molar-refractivity contribution in [2.45, 2.75) is 191 Å². The average molecular weight is 1400 g/mol. The second-order valence-electron chi connectivity index (χ2n) is 27.3. The van der Waals surface area contributed by atoms with Crippen LogP contribution in [0.15, 0.2) is 168 Å². The van der Waals surface area contributed by atoms with Crippen LogP contribution in [0.1, 0.15) is 154 Å². The number of sulfone groups is 1. The third kappa shape index (κ3) is 18.6. The number of aryl methyl sites for hydroxylation is 1. The fourth-order valence-electron chi connectivity index (χ4n) is 14.2. The lowest BCUT2D eigenvalue weighted by molar-refractivity contribution is -0.433. The highest BCUT2D eigenvalue weighted by Gasteiger charge is 2.51. The van der Waals surface area contributed by atoms with E-state index in [1.807, 2.05) is 68.5 Å². The lowest BCUT2D eigenvalue weighted by atomic mass is 9.81. The predicted octanol–water partition coefficient (Wildman–Crippen LogP) is 13.1. The Morgan fingerprint density at radius 3 is 2.06 bits per heavy atom. The number of benzene rings is 5. The molecule has 9 rings (SSSR count). The number of likely N-dealkylation sites (tertiary alicyclic amines) is 1. The van der Waals surface area contributed by atoms with Crippen LogP contribution < -0.4 is 29.9 Å². The molecule has 4 amide bonds. The molecule has 2 fully saturated rings. The van der Waals surface area contributed by atoms with E-state index in [0.717, 1.165) is 54.6 Å². The molecule has 526 valence electrons. The first-order valence-electron chi connectivity index (χ1n) is 34.5. The lowest BCUT2D eigenvalue weighted by Crippen LogP contribution is -2.59. The van der Waals surface area contributed by atoms with Gasteiger partial charge < -0.3 is 39.5 Å². The minimum Gasteiger partial charge on any atom is -0.415 e. The number of fused-ring (bicyclic) bond motifs is 3. The molecule has 98 heavy (non-hydrogen) atoms. The van der Waals surface area contributed by atoms with Crippen LogP contribution in [0, 0.1) is 12.8 Å². The Morgan fingerprint density at radius 2 is 1.41 bits per heavy atom. The summed E-state index contributed by atoms with van der Waals surface area (Å²) >= 11 is 0. The van der Waals surface area contributed by atoms with Gasteiger partial charge in [-0.15, -0.1) is 0 Å². The van der Waals surface area contributed by atoms with Crippen molar-refractivity contribution >= 4 is 68.3 Å². The van der Waals surface area contributed by atoms with Crippen LogP contribution in [0.5, 0.6) is 11.5 Å². The van der Waals surface area contributed by atoms with Gasteiger partial charge in [-0.25, -0.2) is 13.0 Å². The Hall–Kier alpha value is -7.68. The van der Waals surface area contributed by atoms with Crippen molar-refractivity contribution in [2.24, 2.45) is 5.92 Å². The molecule has 3 heterocycles. The molecule has 0 aromatic heterocycles. The van der Waals surface area contributed by atoms with Crippen molar-refractivity contribution in [1.82, 2.24) is 20.9 Å². The number of nitrogens with zero attached hydrogens (tertiary/aromatic N) is 3. The number of carbonyl (C=O) groups is 4. The summed E-state index contributed by atoms with van der Waals surface area (Å²) in [6.45, 7) is 16.6. The minimum atomic E-state index is -4.50. The number of unbranched alkanes of at least 4 members (excludes halogenated alkanes) is 3. The monoisotopic (exact) mass is 1400 g/mol. The Morgan fingerprint density at radius 1 is 0.735 bits per heavy atom. The van der Waals surface area contributed by atoms with Crippen LogP contribution >= 0.6 is 7.60 Å². The number of hydrogen-bond donors (Lipinski definition) is 4. The lowest BCUT2D eigenvalue weighted by Gasteiger charge is -2.37. The molecule has 3 aliphatic heterocycles. The second-order valence-corrected chi connectivity index (χ2v) is 33.1. The van der Waals surface area contributed by atoms with Gasteiger partial charge in [-0.2, -0.15) is 13.0 Å². The van der Waals surface area contributed by atoms with E-state index >= 15 is 9.36 Å². The van der Waals surface area contributed by atoms with Gasteiger partial charge in [0, 0.05) is 66.4 Å². The smallest absolute Gasteiger partial charge is 0.415 e. The van der Waals surface area contributed by atoms with E-state index in [1.54, 1.807) is 73.7 Å². The number of nitrogens with one attached hydrogen (secondary N) is 3. The van der Waals surface area contributed by atoms with Crippen molar-refractivity contribution in [3.8, 4) is 11.5 Å². The maximum absolute atomic E-state index is 15.5. The molecule has 4 N–H and O–H groups in total. The molecule has 22 heteroatoms. The summed E-state index contributed by atoms with van der Waals surface area (Å²) in [5.41, 5.74) is 7.47. The molecule has 1 saturated carbocycles. The largest absolute Gasteiger partial charge is 0.452 e. The Kier molecular flexibility index (Phi) is 25.1. The van der Waals surface area contributed by atoms with E-state index in [4.69, 9.17) is 13.8 Å². The van der Waals surface area contributed by atoms with E-state index in [0.29, 0.717) is 58.3 Å². The van der Waals surface area contributed by atoms with Gasteiger partial charge in [-0.05, 0) is 164 Å². The summed E-state index contributed by atoms with van der Waals surface area (Å²) in [6, 6.07) is 33.9. The summed E-state index contributed by atoms with van der Waals surface area (Å²) in [4.78, 5) is 63.0. The molecule has 5 aromatic rings. The van der Waals surface area contributed by atoms with Gasteiger partial charge in [0.05, 0.1) is 22.7 Å². The number of carbonyl (C=O) groups excluding carboxylic acids is 4. The number of rotatable bonds is 33. The first-order chi connectivity index (χ1) is 46.7. The van der Waals surface area contributed by atoms with Gasteiger partial charge in [0.25, 0.3) is 10.1 Å². The van der Waals surface area contributed by atoms with Crippen molar-refractivity contribution < 1.29 is 63.5 Å². The summed E-state index contributed by atoms with van der Waals surface area (Å²) in [5.74, 6) is -3.50. The van der Waals surface area contributed by atoms with Gasteiger partial charge in [0.15, 0.2) is 11.5 Å². The summed E-state index contributed by atoms with van der Waals surface area (Å²) in [6.07, 6.45) is 17.2. The Balaban J connectivity index is 0.901. The number of amides is 4. The molecule has 5 aromatic carbocycles. The van der Waals surface area contributed by atoms with Gasteiger partial charge in [0.1, 0.15) is 46.0 Å². The number of allylic oxidation sites excluding steroid dienone is 6. The zero-order chi connectivity index (χ0) is 70.4. The van der Waals surface area contributed by atoms with Crippen LogP contribution in [-0.2, 0) is 65.9 Å². The zero-order valence-corrected chi connectivity index (χ0v) is 60.4. The summed E-state index contributed by atoms with van der Waals surface area (Å²) in [7, 11) is -12.5. The van der Waals surface area contributed by atoms with Crippen molar-refractivity contribution in [3.63, 3.8) is 0 Å². The molecular formula is C76H98N6O13PS2+. The molecule has 3 unspecified atom stereocenters. The number of para-hydroxylation sites is 2. The van der Waals surface area contributed by atoms with Crippen LogP contribution in [0.2, 0.25) is 0 Å². The maximum atomic E-state index is 15.5. The molecule has 1 aliphatic carbocycles. The van der Waals surface area contributed by atoms with Crippen LogP contribution in [0.4, 0.5) is 11.4 Å². The molecular weight excluding hydrogens is 1300 g/mol. The molecule has 4 aliphatic rings. The zero-order valence-electron chi connectivity index (χ0n) is 57.9. The first-order valence-corrected chi connectivity index (χ1v) is 39.7. The first kappa shape index (κ1) is 74.5. The van der Waals surface area contributed by atoms with E-state index in [-0.39, 0.29) is 59.8 Å². The number of ether oxygens (including phenoxy) is 1. The molecule has 0 spiro atoms. The van der Waals surface area contributed by atoms with Crippen LogP contribution in [0.3, 0.4) is 0 Å². The van der Waals surface area contributed by atoms with Crippen LogP contribution in [-0.4, -0.2) is 122 Å². The molecule has 6 atom stereocenters. The summed E-state index contributed by atoms with van der Waals surface area (Å²) < 4.78 is 96.6. The Bertz CT molecular complexity index is 4000. The average Bonchev–Trinajstić information content (AvgIpc) is 1.61. The molecule has 1 saturated heterocycles. The minimum absolute atomic E-state index is 0.0556. The van der Waals surface area contributed by atoms with Gasteiger partial charge in [-0.3, -0.25) is 23.7 Å².